The van der Waals surface area contributed by atoms with Gasteiger partial charge in [-0.3, -0.25) is 4.72 Å². The van der Waals surface area contributed by atoms with Crippen molar-refractivity contribution in [1.29, 1.82) is 0 Å². The molecule has 0 saturated carbocycles. The molecule has 0 aliphatic heterocycles. The van der Waals surface area contributed by atoms with Crippen LogP contribution < -0.4 is 4.72 Å². The van der Waals surface area contributed by atoms with E-state index in [0.29, 0.717) is 16.5 Å². The summed E-state index contributed by atoms with van der Waals surface area (Å²) >= 11 is 3.06. The van der Waals surface area contributed by atoms with Gasteiger partial charge in [0.25, 0.3) is 0 Å². The fourth-order valence-corrected chi connectivity index (χ4v) is 3.41. The molecule has 1 aromatic rings. The molecule has 0 atom stereocenters. The largest absolute Gasteiger partial charge is 0.283 e. The Morgan fingerprint density at radius 1 is 1.32 bits per heavy atom. The second kappa shape index (κ2) is 5.79. The van der Waals surface area contributed by atoms with Crippen molar-refractivity contribution < 1.29 is 12.8 Å². The van der Waals surface area contributed by atoms with E-state index < -0.39 is 15.8 Å². The molecule has 1 aromatic carbocycles. The average Bonchev–Trinajstić information content (AvgIpc) is 2.22. The van der Waals surface area contributed by atoms with Gasteiger partial charge in [0.1, 0.15) is 5.82 Å². The van der Waals surface area contributed by atoms with Gasteiger partial charge in [-0.2, -0.15) is 0 Å². The van der Waals surface area contributed by atoms with E-state index in [1.54, 1.807) is 13.0 Å². The number of benzene rings is 1. The van der Waals surface area contributed by atoms with Gasteiger partial charge in [-0.05, 0) is 52.4 Å². The summed E-state index contributed by atoms with van der Waals surface area (Å²) in [6.45, 7) is 7.67. The second-order valence-corrected chi connectivity index (χ2v) is 8.51. The molecule has 0 bridgehead atoms. The van der Waals surface area contributed by atoms with Gasteiger partial charge in [-0.15, -0.1) is 0 Å². The lowest BCUT2D eigenvalue weighted by Crippen LogP contribution is -2.21. The van der Waals surface area contributed by atoms with Gasteiger partial charge in [-0.1, -0.05) is 20.8 Å². The molecule has 0 aliphatic carbocycles. The van der Waals surface area contributed by atoms with Crippen LogP contribution >= 0.6 is 15.9 Å². The lowest BCUT2D eigenvalue weighted by atomic mass is 9.94. The number of aryl methyl sites for hydroxylation is 1. The monoisotopic (exact) mass is 351 g/mol. The van der Waals surface area contributed by atoms with Crippen molar-refractivity contribution >= 4 is 31.6 Å². The maximum atomic E-state index is 13.4. The Morgan fingerprint density at radius 2 is 1.89 bits per heavy atom. The van der Waals surface area contributed by atoms with E-state index in [1.807, 2.05) is 20.8 Å². The molecule has 3 nitrogen and oxygen atoms in total. The van der Waals surface area contributed by atoms with Crippen LogP contribution in [0.1, 0.15) is 32.8 Å². The molecule has 0 fully saturated rings. The third-order valence-corrected chi connectivity index (χ3v) is 4.53. The van der Waals surface area contributed by atoms with Crippen LogP contribution in [0.5, 0.6) is 0 Å². The van der Waals surface area contributed by atoms with Crippen LogP contribution in [0.3, 0.4) is 0 Å². The number of rotatable bonds is 4. The Labute approximate surface area is 122 Å². The van der Waals surface area contributed by atoms with Crippen molar-refractivity contribution in [3.63, 3.8) is 0 Å². The van der Waals surface area contributed by atoms with Crippen LogP contribution in [0.4, 0.5) is 10.1 Å². The summed E-state index contributed by atoms with van der Waals surface area (Å²) < 4.78 is 40.1. The Kier molecular flexibility index (Phi) is 5.01. The smallest absolute Gasteiger partial charge is 0.232 e. The van der Waals surface area contributed by atoms with Gasteiger partial charge in [0.2, 0.25) is 10.0 Å². The molecular formula is C13H19BrFNO2S. The topological polar surface area (TPSA) is 46.2 Å². The molecule has 0 aliphatic rings. The van der Waals surface area contributed by atoms with Crippen LogP contribution in [-0.2, 0) is 10.0 Å². The number of hydrogen-bond donors (Lipinski definition) is 1. The predicted octanol–water partition coefficient (Wildman–Crippen LogP) is 4.07. The minimum atomic E-state index is -3.45. The van der Waals surface area contributed by atoms with Gasteiger partial charge in [0, 0.05) is 0 Å². The summed E-state index contributed by atoms with van der Waals surface area (Å²) in [6, 6.07) is 2.74. The lowest BCUT2D eigenvalue weighted by Gasteiger charge is -2.18. The molecule has 108 valence electrons. The zero-order chi connectivity index (χ0) is 14.8. The Morgan fingerprint density at radius 3 is 2.42 bits per heavy atom. The average molecular weight is 352 g/mol. The Hall–Kier alpha value is -0.620. The van der Waals surface area contributed by atoms with Crippen molar-refractivity contribution in [2.75, 3.05) is 10.5 Å². The lowest BCUT2D eigenvalue weighted by molar-refractivity contribution is 0.397. The van der Waals surface area contributed by atoms with E-state index in [4.69, 9.17) is 0 Å². The Balaban J connectivity index is 2.87. The van der Waals surface area contributed by atoms with Crippen LogP contribution in [0.15, 0.2) is 16.6 Å². The van der Waals surface area contributed by atoms with Gasteiger partial charge < -0.3 is 0 Å². The maximum Gasteiger partial charge on any atom is 0.232 e. The third-order valence-electron chi connectivity index (χ3n) is 2.65. The van der Waals surface area contributed by atoms with Crippen molar-refractivity contribution in [3.8, 4) is 0 Å². The highest BCUT2D eigenvalue weighted by Gasteiger charge is 2.18. The summed E-state index contributed by atoms with van der Waals surface area (Å²) in [5, 5.41) is 0. The number of anilines is 1. The Bertz CT molecular complexity index is 565. The van der Waals surface area contributed by atoms with Crippen LogP contribution in [0.2, 0.25) is 0 Å². The van der Waals surface area contributed by atoms with Gasteiger partial charge in [0.15, 0.2) is 0 Å². The van der Waals surface area contributed by atoms with Crippen LogP contribution in [-0.4, -0.2) is 14.2 Å². The van der Waals surface area contributed by atoms with E-state index in [0.717, 1.165) is 0 Å². The highest BCUT2D eigenvalue weighted by atomic mass is 79.9. The molecule has 1 rings (SSSR count). The molecule has 1 N–H and O–H groups in total. The molecule has 0 spiro atoms. The SMILES string of the molecule is Cc1cc(Br)c(F)cc1NS(=O)(=O)CCC(C)(C)C. The molecule has 0 amide bonds. The van der Waals surface area contributed by atoms with Crippen molar-refractivity contribution in [2.45, 2.75) is 34.1 Å². The van der Waals surface area contributed by atoms with Crippen molar-refractivity contribution in [2.24, 2.45) is 5.41 Å². The summed E-state index contributed by atoms with van der Waals surface area (Å²) in [5.74, 6) is -0.465. The first-order valence-corrected chi connectivity index (χ1v) is 8.41. The molecule has 6 heteroatoms. The summed E-state index contributed by atoms with van der Waals surface area (Å²) in [6.07, 6.45) is 0.542. The fourth-order valence-electron chi connectivity index (χ4n) is 1.42. The standard InChI is InChI=1S/C13H19BrFNO2S/c1-9-7-10(14)11(15)8-12(9)16-19(17,18)6-5-13(2,3)4/h7-8,16H,5-6H2,1-4H3. The summed E-state index contributed by atoms with van der Waals surface area (Å²) in [7, 11) is -3.45. The summed E-state index contributed by atoms with van der Waals surface area (Å²) in [5.41, 5.74) is 0.900. The number of halogens is 2. The van der Waals surface area contributed by atoms with Crippen LogP contribution in [0, 0.1) is 18.2 Å². The number of sulfonamides is 1. The van der Waals surface area contributed by atoms with Crippen molar-refractivity contribution in [1.82, 2.24) is 0 Å². The highest BCUT2D eigenvalue weighted by molar-refractivity contribution is 9.10. The van der Waals surface area contributed by atoms with E-state index in [9.17, 15) is 12.8 Å². The molecule has 0 radical (unpaired) electrons. The van der Waals surface area contributed by atoms with Gasteiger partial charge in [0.05, 0.1) is 15.9 Å². The van der Waals surface area contributed by atoms with E-state index >= 15 is 0 Å². The molecular weight excluding hydrogens is 333 g/mol. The first kappa shape index (κ1) is 16.4. The van der Waals surface area contributed by atoms with E-state index in [1.165, 1.54) is 6.07 Å². The highest BCUT2D eigenvalue weighted by Crippen LogP contribution is 2.25. The summed E-state index contributed by atoms with van der Waals surface area (Å²) in [4.78, 5) is 0. The van der Waals surface area contributed by atoms with E-state index in [-0.39, 0.29) is 16.9 Å². The first-order valence-electron chi connectivity index (χ1n) is 5.96. The first-order chi connectivity index (χ1) is 8.50. The maximum absolute atomic E-state index is 13.4. The number of nitrogens with one attached hydrogen (secondary N) is 1. The van der Waals surface area contributed by atoms with Gasteiger partial charge in [-0.25, -0.2) is 12.8 Å². The zero-order valence-electron chi connectivity index (χ0n) is 11.5. The molecule has 19 heavy (non-hydrogen) atoms. The molecule has 0 aromatic heterocycles. The van der Waals surface area contributed by atoms with E-state index in [2.05, 4.69) is 20.7 Å². The van der Waals surface area contributed by atoms with Gasteiger partial charge >= 0.3 is 0 Å². The minimum absolute atomic E-state index is 0.0215. The second-order valence-electron chi connectivity index (χ2n) is 5.81. The van der Waals surface area contributed by atoms with Crippen molar-refractivity contribution in [3.05, 3.63) is 28.0 Å². The molecule has 0 heterocycles. The fraction of sp³-hybridized carbons (Fsp3) is 0.538. The molecule has 0 saturated heterocycles. The predicted molar refractivity (Wildman–Crippen MR) is 80.3 cm³/mol. The molecule has 0 unspecified atom stereocenters. The number of hydrogen-bond acceptors (Lipinski definition) is 2. The quantitative estimate of drug-likeness (QED) is 0.888. The third kappa shape index (κ3) is 5.48. The zero-order valence-corrected chi connectivity index (χ0v) is 14.0. The van der Waals surface area contributed by atoms with Crippen LogP contribution in [0.25, 0.3) is 0 Å². The minimum Gasteiger partial charge on any atom is -0.283 e. The normalized spacial score (nSPS) is 12.5.